The van der Waals surface area contributed by atoms with Crippen molar-refractivity contribution < 1.29 is 20.1 Å². The summed E-state index contributed by atoms with van der Waals surface area (Å²) in [6.07, 6.45) is 78.7. The Bertz CT molecular complexity index is 1040. The molecule has 1 amide bonds. The van der Waals surface area contributed by atoms with Crippen LogP contribution in [0.4, 0.5) is 0 Å². The number of amides is 1. The zero-order valence-electron chi connectivity index (χ0n) is 47.7. The van der Waals surface area contributed by atoms with Crippen LogP contribution >= 0.6 is 0 Å². The summed E-state index contributed by atoms with van der Waals surface area (Å²) < 4.78 is 0. The Kier molecular flexibility index (Phi) is 59.4. The van der Waals surface area contributed by atoms with Crippen LogP contribution in [0.5, 0.6) is 0 Å². The molecule has 0 aliphatic rings. The van der Waals surface area contributed by atoms with E-state index in [1.165, 1.54) is 302 Å². The Morgan fingerprint density at radius 1 is 0.343 bits per heavy atom. The van der Waals surface area contributed by atoms with Gasteiger partial charge >= 0.3 is 0 Å². The molecule has 4 N–H and O–H groups in total. The lowest BCUT2D eigenvalue weighted by atomic mass is 10.0. The van der Waals surface area contributed by atoms with E-state index in [1.807, 2.05) is 6.08 Å². The minimum Gasteiger partial charge on any atom is -0.394 e. The molecule has 0 aromatic heterocycles. The number of hydrogen-bond donors (Lipinski definition) is 4. The summed E-state index contributed by atoms with van der Waals surface area (Å²) in [5.41, 5.74) is 0. The normalized spacial score (nSPS) is 13.3. The highest BCUT2D eigenvalue weighted by Crippen LogP contribution is 2.19. The fraction of sp³-hybridized carbons (Fsp3) is 0.923. The van der Waals surface area contributed by atoms with Crippen LogP contribution in [0.1, 0.15) is 361 Å². The number of aliphatic hydroxyl groups is 3. The van der Waals surface area contributed by atoms with Gasteiger partial charge in [0, 0.05) is 0 Å². The fourth-order valence-corrected chi connectivity index (χ4v) is 10.3. The van der Waals surface area contributed by atoms with E-state index in [0.717, 1.165) is 38.5 Å². The Hall–Kier alpha value is -1.17. The van der Waals surface area contributed by atoms with Crippen LogP contribution in [0.3, 0.4) is 0 Å². The first-order chi connectivity index (χ1) is 34.6. The number of nitrogens with one attached hydrogen (secondary N) is 1. The number of unbranched alkanes of at least 4 members (excludes halogenated alkanes) is 50. The van der Waals surface area contributed by atoms with Crippen LogP contribution in [0.15, 0.2) is 24.3 Å². The molecule has 5 nitrogen and oxygen atoms in total. The van der Waals surface area contributed by atoms with Gasteiger partial charge in [-0.1, -0.05) is 353 Å². The van der Waals surface area contributed by atoms with Crippen molar-refractivity contribution in [2.24, 2.45) is 0 Å². The standard InChI is InChI=1S/C65H127NO4/c1-3-5-7-9-11-13-15-17-19-21-23-25-27-29-30-31-32-33-34-36-38-40-42-44-46-48-50-52-54-56-58-60-64(69)65(70)66-62(61-67)63(68)59-57-55-53-51-49-47-45-43-41-39-37-35-28-26-24-22-20-18-16-14-12-10-8-6-4-2/h49,51,57,59,62-64,67-69H,3-48,50,52-56,58,60-61H2,1-2H3,(H,66,70)/b51-49+,59-57+. The summed E-state index contributed by atoms with van der Waals surface area (Å²) in [6.45, 7) is 4.22. The molecule has 0 spiro atoms. The van der Waals surface area contributed by atoms with Gasteiger partial charge < -0.3 is 20.6 Å². The van der Waals surface area contributed by atoms with E-state index in [2.05, 4.69) is 31.3 Å². The Morgan fingerprint density at radius 2 is 0.586 bits per heavy atom. The lowest BCUT2D eigenvalue weighted by molar-refractivity contribution is -0.131. The van der Waals surface area contributed by atoms with Gasteiger partial charge in [-0.05, 0) is 32.1 Å². The largest absolute Gasteiger partial charge is 0.394 e. The summed E-state index contributed by atoms with van der Waals surface area (Å²) in [4.78, 5) is 12.6. The minimum absolute atomic E-state index is 0.372. The monoisotopic (exact) mass is 986 g/mol. The second-order valence-corrected chi connectivity index (χ2v) is 22.3. The van der Waals surface area contributed by atoms with Crippen molar-refractivity contribution in [3.05, 3.63) is 24.3 Å². The van der Waals surface area contributed by atoms with Gasteiger partial charge in [0.05, 0.1) is 18.8 Å². The lowest BCUT2D eigenvalue weighted by Crippen LogP contribution is -2.48. The third-order valence-electron chi connectivity index (χ3n) is 15.3. The maximum Gasteiger partial charge on any atom is 0.249 e. The molecule has 416 valence electrons. The van der Waals surface area contributed by atoms with E-state index in [9.17, 15) is 20.1 Å². The predicted molar refractivity (Wildman–Crippen MR) is 310 cm³/mol. The number of carbonyl (C=O) groups is 1. The van der Waals surface area contributed by atoms with Gasteiger partial charge in [0.25, 0.3) is 0 Å². The molecule has 0 saturated carbocycles. The maximum atomic E-state index is 12.6. The maximum absolute atomic E-state index is 12.6. The van der Waals surface area contributed by atoms with Crippen LogP contribution in [0.25, 0.3) is 0 Å². The van der Waals surface area contributed by atoms with E-state index in [0.29, 0.717) is 6.42 Å². The SMILES string of the molecule is CCCCCCCCCCCCCCCCCCCCC/C=C/CC/C=C/C(O)C(CO)NC(=O)C(O)CCCCCCCCCCCCCCCCCCCCCCCCCCCCCCCCC. The van der Waals surface area contributed by atoms with Gasteiger partial charge in [-0.15, -0.1) is 0 Å². The smallest absolute Gasteiger partial charge is 0.249 e. The number of rotatable bonds is 60. The molecule has 0 bridgehead atoms. The fourth-order valence-electron chi connectivity index (χ4n) is 10.3. The van der Waals surface area contributed by atoms with Crippen LogP contribution in [-0.2, 0) is 4.79 Å². The van der Waals surface area contributed by atoms with E-state index in [1.54, 1.807) is 6.08 Å². The molecule has 3 atom stereocenters. The summed E-state index contributed by atoms with van der Waals surface area (Å²) in [5, 5.41) is 33.5. The zero-order chi connectivity index (χ0) is 50.7. The predicted octanol–water partition coefficient (Wildman–Crippen LogP) is 20.4. The molecular weight excluding hydrogens is 859 g/mol. The van der Waals surface area contributed by atoms with Gasteiger partial charge in [-0.2, -0.15) is 0 Å². The molecule has 0 rings (SSSR count). The van der Waals surface area contributed by atoms with Gasteiger partial charge in [0.15, 0.2) is 0 Å². The Morgan fingerprint density at radius 3 is 0.871 bits per heavy atom. The van der Waals surface area contributed by atoms with Crippen LogP contribution < -0.4 is 5.32 Å². The molecule has 0 heterocycles. The second kappa shape index (κ2) is 60.4. The van der Waals surface area contributed by atoms with Crippen molar-refractivity contribution in [3.63, 3.8) is 0 Å². The first kappa shape index (κ1) is 68.8. The van der Waals surface area contributed by atoms with E-state index < -0.39 is 24.2 Å². The molecule has 0 aromatic rings. The molecule has 0 radical (unpaired) electrons. The first-order valence-electron chi connectivity index (χ1n) is 32.2. The van der Waals surface area contributed by atoms with Crippen molar-refractivity contribution in [1.29, 1.82) is 0 Å². The molecule has 3 unspecified atom stereocenters. The number of hydrogen-bond acceptors (Lipinski definition) is 4. The highest BCUT2D eigenvalue weighted by molar-refractivity contribution is 5.80. The van der Waals surface area contributed by atoms with Crippen LogP contribution in [0, 0.1) is 0 Å². The average molecular weight is 987 g/mol. The second-order valence-electron chi connectivity index (χ2n) is 22.3. The summed E-state index contributed by atoms with van der Waals surface area (Å²) in [5.74, 6) is -0.505. The molecule has 0 aliphatic carbocycles. The third kappa shape index (κ3) is 54.6. The van der Waals surface area contributed by atoms with E-state index in [-0.39, 0.29) is 6.61 Å². The van der Waals surface area contributed by atoms with Crippen molar-refractivity contribution in [1.82, 2.24) is 5.32 Å². The number of allylic oxidation sites excluding steroid dienone is 3. The van der Waals surface area contributed by atoms with Gasteiger partial charge in [-0.3, -0.25) is 4.79 Å². The van der Waals surface area contributed by atoms with Crippen molar-refractivity contribution >= 4 is 5.91 Å². The molecule has 0 saturated heterocycles. The number of aliphatic hydroxyl groups excluding tert-OH is 3. The average Bonchev–Trinajstić information content (AvgIpc) is 3.36. The highest BCUT2D eigenvalue weighted by Gasteiger charge is 2.22. The van der Waals surface area contributed by atoms with E-state index in [4.69, 9.17) is 0 Å². The molecule has 0 fully saturated rings. The summed E-state index contributed by atoms with van der Waals surface area (Å²) in [6, 6.07) is -0.813. The third-order valence-corrected chi connectivity index (χ3v) is 15.3. The first-order valence-corrected chi connectivity index (χ1v) is 32.2. The molecule has 0 aliphatic heterocycles. The topological polar surface area (TPSA) is 89.8 Å². The van der Waals surface area contributed by atoms with Gasteiger partial charge in [0.2, 0.25) is 5.91 Å². The van der Waals surface area contributed by atoms with Gasteiger partial charge in [0.1, 0.15) is 6.10 Å². The van der Waals surface area contributed by atoms with Crippen molar-refractivity contribution in [3.8, 4) is 0 Å². The Labute approximate surface area is 439 Å². The van der Waals surface area contributed by atoms with Crippen LogP contribution in [0.2, 0.25) is 0 Å². The Balaban J connectivity index is 3.52. The zero-order valence-corrected chi connectivity index (χ0v) is 47.7. The summed E-state index contributed by atoms with van der Waals surface area (Å²) in [7, 11) is 0. The molecule has 70 heavy (non-hydrogen) atoms. The van der Waals surface area contributed by atoms with Gasteiger partial charge in [-0.25, -0.2) is 0 Å². The van der Waals surface area contributed by atoms with Crippen molar-refractivity contribution in [2.75, 3.05) is 6.61 Å². The summed E-state index contributed by atoms with van der Waals surface area (Å²) >= 11 is 0. The number of carbonyl (C=O) groups excluding carboxylic acids is 1. The molecule has 5 heteroatoms. The molecular formula is C65H127NO4. The lowest BCUT2D eigenvalue weighted by Gasteiger charge is -2.21. The molecule has 0 aromatic carbocycles. The van der Waals surface area contributed by atoms with E-state index >= 15 is 0 Å². The quantitative estimate of drug-likeness (QED) is 0.0361. The van der Waals surface area contributed by atoms with Crippen molar-refractivity contribution in [2.45, 2.75) is 379 Å². The highest BCUT2D eigenvalue weighted by atomic mass is 16.3. The minimum atomic E-state index is -1.10. The van der Waals surface area contributed by atoms with Crippen LogP contribution in [-0.4, -0.2) is 46.1 Å².